The quantitative estimate of drug-likeness (QED) is 0.621. The number of hydrogen-bond donors (Lipinski definition) is 2. The van der Waals surface area contributed by atoms with Crippen molar-refractivity contribution in [3.05, 3.63) is 18.2 Å². The number of likely N-dealkylation sites (tertiary alicyclic amines) is 1. The molecule has 4 N–H and O–H groups in total. The first-order chi connectivity index (χ1) is 11.1. The number of benzene rings is 1. The second-order valence-electron chi connectivity index (χ2n) is 6.00. The van der Waals surface area contributed by atoms with Crippen molar-refractivity contribution in [3.63, 3.8) is 0 Å². The lowest BCUT2D eigenvalue weighted by molar-refractivity contribution is 0.0800. The Labute approximate surface area is 137 Å². The summed E-state index contributed by atoms with van der Waals surface area (Å²) >= 11 is 0. The van der Waals surface area contributed by atoms with E-state index in [1.54, 1.807) is 17.0 Å². The third kappa shape index (κ3) is 5.23. The highest BCUT2D eigenvalue weighted by atomic mass is 16.6. The molecule has 1 saturated heterocycles. The van der Waals surface area contributed by atoms with Crippen LogP contribution in [0.5, 0.6) is 5.75 Å². The van der Waals surface area contributed by atoms with Gasteiger partial charge in [0.1, 0.15) is 5.75 Å². The fraction of sp³-hybridized carbons (Fsp3) is 0.588. The number of carbonyl (C=O) groups excluding carboxylic acids is 1. The monoisotopic (exact) mass is 321 g/mol. The summed E-state index contributed by atoms with van der Waals surface area (Å²) in [5.74, 6) is 1.17. The van der Waals surface area contributed by atoms with Gasteiger partial charge in [-0.25, -0.2) is 4.79 Å². The molecule has 6 nitrogen and oxygen atoms in total. The van der Waals surface area contributed by atoms with E-state index in [1.807, 2.05) is 6.07 Å². The molecule has 128 valence electrons. The maximum atomic E-state index is 11.9. The molecular weight excluding hydrogens is 294 g/mol. The first kappa shape index (κ1) is 17.2. The molecule has 6 heteroatoms. The van der Waals surface area contributed by atoms with Crippen LogP contribution in [0.3, 0.4) is 0 Å². The van der Waals surface area contributed by atoms with Crippen LogP contribution in [0.1, 0.15) is 32.6 Å². The normalized spacial score (nSPS) is 15.4. The summed E-state index contributed by atoms with van der Waals surface area (Å²) in [6.07, 6.45) is 3.60. The molecule has 0 unspecified atom stereocenters. The zero-order valence-corrected chi connectivity index (χ0v) is 13.8. The topological polar surface area (TPSA) is 90.8 Å². The molecule has 1 aromatic carbocycles. The van der Waals surface area contributed by atoms with Gasteiger partial charge in [-0.1, -0.05) is 13.3 Å². The van der Waals surface area contributed by atoms with Crippen molar-refractivity contribution in [3.8, 4) is 5.75 Å². The molecule has 2 rings (SSSR count). The van der Waals surface area contributed by atoms with E-state index < -0.39 is 0 Å². The number of nitrogens with zero attached hydrogens (tertiary/aromatic N) is 1. The summed E-state index contributed by atoms with van der Waals surface area (Å²) in [6.45, 7) is 4.67. The van der Waals surface area contributed by atoms with Crippen molar-refractivity contribution < 1.29 is 14.3 Å². The second-order valence-corrected chi connectivity index (χ2v) is 6.00. The molecule has 1 aliphatic heterocycles. The minimum absolute atomic E-state index is 0.191. The Morgan fingerprint density at radius 2 is 2.00 bits per heavy atom. The number of anilines is 2. The lowest BCUT2D eigenvalue weighted by Gasteiger charge is -2.31. The van der Waals surface area contributed by atoms with Crippen LogP contribution < -0.4 is 16.2 Å². The van der Waals surface area contributed by atoms with Crippen molar-refractivity contribution in [1.29, 1.82) is 0 Å². The van der Waals surface area contributed by atoms with Crippen molar-refractivity contribution in [2.45, 2.75) is 32.6 Å². The summed E-state index contributed by atoms with van der Waals surface area (Å²) in [5, 5.41) is 0. The van der Waals surface area contributed by atoms with E-state index in [0.29, 0.717) is 30.5 Å². The van der Waals surface area contributed by atoms with Crippen LogP contribution in [0.15, 0.2) is 18.2 Å². The average Bonchev–Trinajstić information content (AvgIpc) is 2.56. The van der Waals surface area contributed by atoms with E-state index in [9.17, 15) is 4.79 Å². The Balaban J connectivity index is 1.70. The number of nitrogen functional groups attached to an aromatic ring is 2. The van der Waals surface area contributed by atoms with Crippen LogP contribution in [0, 0.1) is 5.92 Å². The smallest absolute Gasteiger partial charge is 0.409 e. The first-order valence-corrected chi connectivity index (χ1v) is 8.29. The number of unbranched alkanes of at least 4 members (excludes halogenated alkanes) is 1. The van der Waals surface area contributed by atoms with Crippen molar-refractivity contribution in [2.75, 3.05) is 37.8 Å². The molecule has 0 bridgehead atoms. The SMILES string of the molecule is CCCCOC(=O)N1CCC(COc2ccc(N)c(N)c2)CC1. The van der Waals surface area contributed by atoms with Crippen LogP contribution in [0.4, 0.5) is 16.2 Å². The fourth-order valence-electron chi connectivity index (χ4n) is 2.53. The molecule has 0 radical (unpaired) electrons. The van der Waals surface area contributed by atoms with Crippen LogP contribution in [0.2, 0.25) is 0 Å². The van der Waals surface area contributed by atoms with Gasteiger partial charge in [0, 0.05) is 19.2 Å². The summed E-state index contributed by atoms with van der Waals surface area (Å²) in [7, 11) is 0. The highest BCUT2D eigenvalue weighted by Crippen LogP contribution is 2.24. The predicted octanol–water partition coefficient (Wildman–Crippen LogP) is 2.88. The Kier molecular flexibility index (Phi) is 6.38. The number of carbonyl (C=O) groups is 1. The highest BCUT2D eigenvalue weighted by molar-refractivity contribution is 5.67. The van der Waals surface area contributed by atoms with E-state index in [0.717, 1.165) is 44.5 Å². The van der Waals surface area contributed by atoms with Crippen molar-refractivity contribution in [1.82, 2.24) is 4.90 Å². The largest absolute Gasteiger partial charge is 0.493 e. The molecule has 1 heterocycles. The van der Waals surface area contributed by atoms with Crippen molar-refractivity contribution in [2.24, 2.45) is 5.92 Å². The minimum atomic E-state index is -0.191. The van der Waals surface area contributed by atoms with Gasteiger partial charge in [0.15, 0.2) is 0 Å². The van der Waals surface area contributed by atoms with Gasteiger partial charge >= 0.3 is 6.09 Å². The van der Waals surface area contributed by atoms with Crippen molar-refractivity contribution >= 4 is 17.5 Å². The predicted molar refractivity (Wildman–Crippen MR) is 91.3 cm³/mol. The van der Waals surface area contributed by atoms with E-state index >= 15 is 0 Å². The Hall–Kier alpha value is -2.11. The molecule has 1 aromatic rings. The van der Waals surface area contributed by atoms with E-state index in [2.05, 4.69) is 6.92 Å². The molecule has 1 fully saturated rings. The maximum Gasteiger partial charge on any atom is 0.409 e. The van der Waals surface area contributed by atoms with Gasteiger partial charge in [0.05, 0.1) is 24.6 Å². The standard InChI is InChI=1S/C17H27N3O3/c1-2-3-10-22-17(21)20-8-6-13(7-9-20)12-23-14-4-5-15(18)16(19)11-14/h4-5,11,13H,2-3,6-10,12,18-19H2,1H3. The summed E-state index contributed by atoms with van der Waals surface area (Å²) in [4.78, 5) is 13.7. The molecule has 0 spiro atoms. The zero-order chi connectivity index (χ0) is 16.7. The van der Waals surface area contributed by atoms with E-state index in [1.165, 1.54) is 0 Å². The average molecular weight is 321 g/mol. The van der Waals surface area contributed by atoms with Crippen LogP contribution in [0.25, 0.3) is 0 Å². The van der Waals surface area contributed by atoms with Gasteiger partial charge in [0.25, 0.3) is 0 Å². The van der Waals surface area contributed by atoms with E-state index in [-0.39, 0.29) is 6.09 Å². The molecule has 1 aliphatic rings. The summed E-state index contributed by atoms with van der Waals surface area (Å²) in [6, 6.07) is 5.32. The maximum absolute atomic E-state index is 11.9. The van der Waals surface area contributed by atoms with E-state index in [4.69, 9.17) is 20.9 Å². The molecule has 23 heavy (non-hydrogen) atoms. The molecule has 0 aliphatic carbocycles. The Morgan fingerprint density at radius 1 is 1.26 bits per heavy atom. The lowest BCUT2D eigenvalue weighted by Crippen LogP contribution is -2.40. The fourth-order valence-corrected chi connectivity index (χ4v) is 2.53. The summed E-state index contributed by atoms with van der Waals surface area (Å²) < 4.78 is 11.0. The zero-order valence-electron chi connectivity index (χ0n) is 13.8. The third-order valence-electron chi connectivity index (χ3n) is 4.14. The summed E-state index contributed by atoms with van der Waals surface area (Å²) in [5.41, 5.74) is 12.5. The molecule has 1 amide bonds. The van der Waals surface area contributed by atoms with Crippen LogP contribution in [-0.2, 0) is 4.74 Å². The number of ether oxygens (including phenoxy) is 2. The number of rotatable bonds is 6. The highest BCUT2D eigenvalue weighted by Gasteiger charge is 2.24. The Morgan fingerprint density at radius 3 is 2.65 bits per heavy atom. The van der Waals surface area contributed by atoms with Gasteiger partial charge < -0.3 is 25.8 Å². The number of nitrogens with two attached hydrogens (primary N) is 2. The number of piperidine rings is 1. The van der Waals surface area contributed by atoms with Crippen LogP contribution >= 0.6 is 0 Å². The van der Waals surface area contributed by atoms with Gasteiger partial charge in [-0.2, -0.15) is 0 Å². The minimum Gasteiger partial charge on any atom is -0.493 e. The molecule has 0 saturated carbocycles. The number of hydrogen-bond acceptors (Lipinski definition) is 5. The second kappa shape index (κ2) is 8.50. The van der Waals surface area contributed by atoms with Gasteiger partial charge in [-0.15, -0.1) is 0 Å². The third-order valence-corrected chi connectivity index (χ3v) is 4.14. The number of amides is 1. The van der Waals surface area contributed by atoms with Gasteiger partial charge in [-0.05, 0) is 37.3 Å². The lowest BCUT2D eigenvalue weighted by atomic mass is 9.98. The first-order valence-electron chi connectivity index (χ1n) is 8.29. The molecular formula is C17H27N3O3. The molecule has 0 atom stereocenters. The van der Waals surface area contributed by atoms with Crippen LogP contribution in [-0.4, -0.2) is 37.3 Å². The molecule has 0 aromatic heterocycles. The van der Waals surface area contributed by atoms with Gasteiger partial charge in [-0.3, -0.25) is 0 Å². The Bertz CT molecular complexity index is 514. The van der Waals surface area contributed by atoms with Gasteiger partial charge in [0.2, 0.25) is 0 Å².